The van der Waals surface area contributed by atoms with Gasteiger partial charge in [0.25, 0.3) is 0 Å². The van der Waals surface area contributed by atoms with E-state index in [0.717, 1.165) is 0 Å². The van der Waals surface area contributed by atoms with Gasteiger partial charge in [0.05, 0.1) is 0 Å². The van der Waals surface area contributed by atoms with Crippen molar-refractivity contribution in [3.63, 3.8) is 0 Å². The number of hydrogen-bond donors (Lipinski definition) is 0. The van der Waals surface area contributed by atoms with Gasteiger partial charge in [-0.05, 0) is 48.5 Å². The fourth-order valence-corrected chi connectivity index (χ4v) is 1.65. The standard InChI is InChI=1S/C16H13FO3/c1-2-15(18)20-14-9-5-12(6-10-14)16(19)11-3-7-13(17)8-4-11/h3-10H,2H2,1H3. The predicted molar refractivity (Wildman–Crippen MR) is 72.2 cm³/mol. The molecule has 20 heavy (non-hydrogen) atoms. The van der Waals surface area contributed by atoms with Crippen LogP contribution in [0.2, 0.25) is 0 Å². The molecule has 2 aromatic carbocycles. The summed E-state index contributed by atoms with van der Waals surface area (Å²) in [6.07, 6.45) is 0.288. The van der Waals surface area contributed by atoms with E-state index >= 15 is 0 Å². The molecule has 0 aliphatic rings. The lowest BCUT2D eigenvalue weighted by molar-refractivity contribution is -0.134. The fourth-order valence-electron chi connectivity index (χ4n) is 1.65. The first kappa shape index (κ1) is 13.9. The Labute approximate surface area is 116 Å². The molecular weight excluding hydrogens is 259 g/mol. The first-order chi connectivity index (χ1) is 9.60. The van der Waals surface area contributed by atoms with Gasteiger partial charge in [-0.1, -0.05) is 6.92 Å². The molecule has 0 N–H and O–H groups in total. The van der Waals surface area contributed by atoms with Crippen LogP contribution in [0.15, 0.2) is 48.5 Å². The van der Waals surface area contributed by atoms with E-state index in [1.807, 2.05) is 0 Å². The second-order valence-corrected chi connectivity index (χ2v) is 4.19. The average Bonchev–Trinajstić information content (AvgIpc) is 2.48. The molecule has 0 unspecified atom stereocenters. The Morgan fingerprint density at radius 2 is 1.45 bits per heavy atom. The molecule has 0 heterocycles. The average molecular weight is 272 g/mol. The molecule has 0 saturated heterocycles. The largest absolute Gasteiger partial charge is 0.427 e. The number of carbonyl (C=O) groups excluding carboxylic acids is 2. The van der Waals surface area contributed by atoms with Crippen LogP contribution in [0.3, 0.4) is 0 Å². The van der Waals surface area contributed by atoms with E-state index in [2.05, 4.69) is 0 Å². The van der Waals surface area contributed by atoms with Crippen LogP contribution in [0.5, 0.6) is 5.75 Å². The van der Waals surface area contributed by atoms with Gasteiger partial charge in [0.1, 0.15) is 11.6 Å². The molecule has 102 valence electrons. The zero-order valence-corrected chi connectivity index (χ0v) is 10.9. The zero-order chi connectivity index (χ0) is 14.5. The van der Waals surface area contributed by atoms with Crippen molar-refractivity contribution in [1.82, 2.24) is 0 Å². The quantitative estimate of drug-likeness (QED) is 0.487. The van der Waals surface area contributed by atoms with Crippen molar-refractivity contribution in [2.75, 3.05) is 0 Å². The van der Waals surface area contributed by atoms with E-state index in [0.29, 0.717) is 16.9 Å². The molecule has 0 aliphatic carbocycles. The Hall–Kier alpha value is -2.49. The molecule has 0 fully saturated rings. The number of esters is 1. The van der Waals surface area contributed by atoms with Gasteiger partial charge in [-0.3, -0.25) is 9.59 Å². The van der Waals surface area contributed by atoms with E-state index in [4.69, 9.17) is 4.74 Å². The summed E-state index contributed by atoms with van der Waals surface area (Å²) in [4.78, 5) is 23.2. The zero-order valence-electron chi connectivity index (χ0n) is 10.9. The number of hydrogen-bond acceptors (Lipinski definition) is 3. The molecular formula is C16H13FO3. The molecule has 4 heteroatoms. The van der Waals surface area contributed by atoms with Crippen molar-refractivity contribution < 1.29 is 18.7 Å². The van der Waals surface area contributed by atoms with Crippen LogP contribution in [0.25, 0.3) is 0 Å². The fraction of sp³-hybridized carbons (Fsp3) is 0.125. The van der Waals surface area contributed by atoms with Gasteiger partial charge in [-0.25, -0.2) is 4.39 Å². The molecule has 2 aromatic rings. The summed E-state index contributed by atoms with van der Waals surface area (Å²) < 4.78 is 17.8. The monoisotopic (exact) mass is 272 g/mol. The van der Waals surface area contributed by atoms with Crippen LogP contribution in [0.1, 0.15) is 29.3 Å². The van der Waals surface area contributed by atoms with Crippen molar-refractivity contribution in [2.24, 2.45) is 0 Å². The van der Waals surface area contributed by atoms with Gasteiger partial charge >= 0.3 is 5.97 Å². The maximum atomic E-state index is 12.8. The lowest BCUT2D eigenvalue weighted by Crippen LogP contribution is -2.06. The Bertz CT molecular complexity index is 615. The summed E-state index contributed by atoms with van der Waals surface area (Å²) in [6, 6.07) is 11.6. The normalized spacial score (nSPS) is 10.1. The molecule has 0 radical (unpaired) electrons. The molecule has 3 nitrogen and oxygen atoms in total. The summed E-state index contributed by atoms with van der Waals surface area (Å²) >= 11 is 0. The first-order valence-electron chi connectivity index (χ1n) is 6.21. The highest BCUT2D eigenvalue weighted by atomic mass is 19.1. The molecule has 2 rings (SSSR count). The van der Waals surface area contributed by atoms with Gasteiger partial charge in [0.15, 0.2) is 5.78 Å². The van der Waals surface area contributed by atoms with Gasteiger partial charge < -0.3 is 4.74 Å². The van der Waals surface area contributed by atoms with Crippen LogP contribution in [0, 0.1) is 5.82 Å². The molecule has 0 aliphatic heterocycles. The number of ether oxygens (including phenoxy) is 1. The third-order valence-electron chi connectivity index (χ3n) is 2.74. The summed E-state index contributed by atoms with van der Waals surface area (Å²) in [5.74, 6) is -0.531. The van der Waals surface area contributed by atoms with Crippen LogP contribution < -0.4 is 4.74 Å². The number of halogens is 1. The first-order valence-corrected chi connectivity index (χ1v) is 6.21. The Morgan fingerprint density at radius 1 is 0.950 bits per heavy atom. The third kappa shape index (κ3) is 3.29. The smallest absolute Gasteiger partial charge is 0.310 e. The topological polar surface area (TPSA) is 43.4 Å². The highest BCUT2D eigenvalue weighted by Gasteiger charge is 2.09. The second-order valence-electron chi connectivity index (χ2n) is 4.19. The summed E-state index contributed by atoms with van der Waals surface area (Å²) in [5, 5.41) is 0. The van der Waals surface area contributed by atoms with Crippen molar-refractivity contribution in [1.29, 1.82) is 0 Å². The Morgan fingerprint density at radius 3 is 1.95 bits per heavy atom. The highest BCUT2D eigenvalue weighted by molar-refractivity contribution is 6.09. The number of rotatable bonds is 4. The summed E-state index contributed by atoms with van der Waals surface area (Å²) in [7, 11) is 0. The van der Waals surface area contributed by atoms with E-state index < -0.39 is 0 Å². The molecule has 0 saturated carbocycles. The van der Waals surface area contributed by atoms with Gasteiger partial charge in [0, 0.05) is 17.5 Å². The minimum absolute atomic E-state index is 0.210. The van der Waals surface area contributed by atoms with Crippen LogP contribution >= 0.6 is 0 Å². The Balaban J connectivity index is 2.15. The molecule has 0 aromatic heterocycles. The third-order valence-corrected chi connectivity index (χ3v) is 2.74. The SMILES string of the molecule is CCC(=O)Oc1ccc(C(=O)c2ccc(F)cc2)cc1. The highest BCUT2D eigenvalue weighted by Crippen LogP contribution is 2.16. The van der Waals surface area contributed by atoms with E-state index in [9.17, 15) is 14.0 Å². The number of ketones is 1. The molecule has 0 atom stereocenters. The number of carbonyl (C=O) groups is 2. The molecule has 0 bridgehead atoms. The van der Waals surface area contributed by atoms with Gasteiger partial charge in [0.2, 0.25) is 0 Å². The van der Waals surface area contributed by atoms with Gasteiger partial charge in [-0.2, -0.15) is 0 Å². The summed E-state index contributed by atoms with van der Waals surface area (Å²) in [6.45, 7) is 1.70. The lowest BCUT2D eigenvalue weighted by Gasteiger charge is -2.04. The van der Waals surface area contributed by atoms with Crippen molar-refractivity contribution >= 4 is 11.8 Å². The van der Waals surface area contributed by atoms with E-state index in [1.54, 1.807) is 31.2 Å². The maximum Gasteiger partial charge on any atom is 0.310 e. The van der Waals surface area contributed by atoms with Crippen molar-refractivity contribution in [3.05, 3.63) is 65.5 Å². The predicted octanol–water partition coefficient (Wildman–Crippen LogP) is 3.37. The molecule has 0 spiro atoms. The summed E-state index contributed by atoms with van der Waals surface area (Å²) in [5.41, 5.74) is 0.859. The second kappa shape index (κ2) is 6.10. The van der Waals surface area contributed by atoms with Crippen molar-refractivity contribution in [3.8, 4) is 5.75 Å². The van der Waals surface area contributed by atoms with Crippen LogP contribution in [-0.2, 0) is 4.79 Å². The maximum absolute atomic E-state index is 12.8. The Kier molecular flexibility index (Phi) is 4.25. The van der Waals surface area contributed by atoms with Crippen LogP contribution in [-0.4, -0.2) is 11.8 Å². The van der Waals surface area contributed by atoms with E-state index in [-0.39, 0.29) is 24.0 Å². The molecule has 0 amide bonds. The minimum Gasteiger partial charge on any atom is -0.427 e. The van der Waals surface area contributed by atoms with Crippen molar-refractivity contribution in [2.45, 2.75) is 13.3 Å². The van der Waals surface area contributed by atoms with Crippen LogP contribution in [0.4, 0.5) is 4.39 Å². The lowest BCUT2D eigenvalue weighted by atomic mass is 10.0. The van der Waals surface area contributed by atoms with E-state index in [1.165, 1.54) is 24.3 Å². The minimum atomic E-state index is -0.386. The van der Waals surface area contributed by atoms with Gasteiger partial charge in [-0.15, -0.1) is 0 Å². The number of benzene rings is 2.